The molecule has 2 heterocycles. The molecule has 1 aromatic heterocycles. The summed E-state index contributed by atoms with van der Waals surface area (Å²) in [5, 5.41) is 0. The third-order valence-electron chi connectivity index (χ3n) is 4.27. The summed E-state index contributed by atoms with van der Waals surface area (Å²) in [6, 6.07) is 5.84. The van der Waals surface area contributed by atoms with Gasteiger partial charge in [0.05, 0.1) is 30.9 Å². The maximum Gasteiger partial charge on any atom is 0.255 e. The van der Waals surface area contributed by atoms with Crippen molar-refractivity contribution in [1.29, 1.82) is 0 Å². The van der Waals surface area contributed by atoms with E-state index in [0.717, 1.165) is 0 Å². The second-order valence-electron chi connectivity index (χ2n) is 6.37. The first-order valence-corrected chi connectivity index (χ1v) is 10.4. The van der Waals surface area contributed by atoms with E-state index in [0.29, 0.717) is 31.0 Å². The number of nitrogens with two attached hydrogens (primary N) is 1. The van der Waals surface area contributed by atoms with Gasteiger partial charge in [-0.15, -0.1) is 0 Å². The van der Waals surface area contributed by atoms with Gasteiger partial charge in [-0.1, -0.05) is 0 Å². The van der Waals surface area contributed by atoms with E-state index >= 15 is 0 Å². The van der Waals surface area contributed by atoms with Crippen molar-refractivity contribution in [3.05, 3.63) is 36.7 Å². The third-order valence-corrected chi connectivity index (χ3v) is 6.15. The molecule has 1 amide bonds. The molecular formula is C18H22N4O6S. The summed E-state index contributed by atoms with van der Waals surface area (Å²) in [5.41, 5.74) is 5.03. The van der Waals surface area contributed by atoms with Gasteiger partial charge in [0.2, 0.25) is 21.8 Å². The first-order chi connectivity index (χ1) is 13.9. The lowest BCUT2D eigenvalue weighted by Crippen LogP contribution is -2.44. The second kappa shape index (κ2) is 9.05. The number of carbonyl (C=O) groups excluding carboxylic acids is 1. The van der Waals surface area contributed by atoms with Crippen LogP contribution >= 0.6 is 0 Å². The Labute approximate surface area is 168 Å². The van der Waals surface area contributed by atoms with Gasteiger partial charge in [0.25, 0.3) is 5.91 Å². The SMILES string of the molecule is COc1cncc(OC2CCCN(S(=O)(=O)c3ccc(OCC(N)=O)cc3)C2)n1. The number of rotatable bonds is 8. The summed E-state index contributed by atoms with van der Waals surface area (Å²) in [7, 11) is -2.22. The van der Waals surface area contributed by atoms with E-state index in [2.05, 4.69) is 9.97 Å². The lowest BCUT2D eigenvalue weighted by molar-refractivity contribution is -0.119. The molecule has 1 fully saturated rings. The Balaban J connectivity index is 1.67. The summed E-state index contributed by atoms with van der Waals surface area (Å²) in [4.78, 5) is 19.0. The third kappa shape index (κ3) is 5.33. The molecule has 0 spiro atoms. The van der Waals surface area contributed by atoms with Gasteiger partial charge in [-0.3, -0.25) is 9.78 Å². The van der Waals surface area contributed by atoms with E-state index in [-0.39, 0.29) is 30.0 Å². The van der Waals surface area contributed by atoms with E-state index in [4.69, 9.17) is 19.9 Å². The number of primary amides is 1. The first-order valence-electron chi connectivity index (χ1n) is 8.92. The van der Waals surface area contributed by atoms with Gasteiger partial charge in [0, 0.05) is 6.54 Å². The predicted molar refractivity (Wildman–Crippen MR) is 102 cm³/mol. The van der Waals surface area contributed by atoms with E-state index in [9.17, 15) is 13.2 Å². The molecule has 2 N–H and O–H groups in total. The lowest BCUT2D eigenvalue weighted by Gasteiger charge is -2.31. The number of piperidine rings is 1. The molecule has 1 atom stereocenters. The number of aromatic nitrogens is 2. The quantitative estimate of drug-likeness (QED) is 0.653. The van der Waals surface area contributed by atoms with Crippen molar-refractivity contribution in [2.75, 3.05) is 26.8 Å². The number of methoxy groups -OCH3 is 1. The van der Waals surface area contributed by atoms with Crippen molar-refractivity contribution in [1.82, 2.24) is 14.3 Å². The molecule has 1 unspecified atom stereocenters. The van der Waals surface area contributed by atoms with Crippen LogP contribution in [0, 0.1) is 0 Å². The molecule has 1 aliphatic heterocycles. The van der Waals surface area contributed by atoms with Crippen molar-refractivity contribution < 1.29 is 27.4 Å². The number of nitrogens with zero attached hydrogens (tertiary/aromatic N) is 3. The number of ether oxygens (including phenoxy) is 3. The summed E-state index contributed by atoms with van der Waals surface area (Å²) in [5.74, 6) is 0.354. The Morgan fingerprint density at radius 2 is 1.97 bits per heavy atom. The topological polar surface area (TPSA) is 134 Å². The monoisotopic (exact) mass is 422 g/mol. The first kappa shape index (κ1) is 20.8. The highest BCUT2D eigenvalue weighted by Crippen LogP contribution is 2.25. The molecule has 1 aromatic carbocycles. The van der Waals surface area contributed by atoms with Crippen LogP contribution in [0.15, 0.2) is 41.6 Å². The van der Waals surface area contributed by atoms with E-state index in [1.165, 1.54) is 48.1 Å². The molecule has 0 radical (unpaired) electrons. The Morgan fingerprint density at radius 1 is 1.24 bits per heavy atom. The summed E-state index contributed by atoms with van der Waals surface area (Å²) >= 11 is 0. The minimum Gasteiger partial charge on any atom is -0.484 e. The zero-order chi connectivity index (χ0) is 20.9. The van der Waals surface area contributed by atoms with Crippen molar-refractivity contribution in [2.24, 2.45) is 5.73 Å². The molecule has 11 heteroatoms. The highest BCUT2D eigenvalue weighted by molar-refractivity contribution is 7.89. The molecule has 0 saturated carbocycles. The van der Waals surface area contributed by atoms with Crippen molar-refractivity contribution in [2.45, 2.75) is 23.8 Å². The minimum atomic E-state index is -3.70. The van der Waals surface area contributed by atoms with Crippen LogP contribution in [0.5, 0.6) is 17.5 Å². The number of sulfonamides is 1. The normalized spacial score (nSPS) is 17.5. The number of benzene rings is 1. The minimum absolute atomic E-state index is 0.130. The van der Waals surface area contributed by atoms with Crippen LogP contribution < -0.4 is 19.9 Å². The second-order valence-corrected chi connectivity index (χ2v) is 8.31. The van der Waals surface area contributed by atoms with Gasteiger partial charge in [0.15, 0.2) is 6.61 Å². The molecule has 0 aliphatic carbocycles. The average molecular weight is 422 g/mol. The van der Waals surface area contributed by atoms with Crippen LogP contribution in [-0.2, 0) is 14.8 Å². The van der Waals surface area contributed by atoms with Gasteiger partial charge in [-0.05, 0) is 37.1 Å². The number of carbonyl (C=O) groups is 1. The van der Waals surface area contributed by atoms with Crippen LogP contribution in [0.2, 0.25) is 0 Å². The van der Waals surface area contributed by atoms with E-state index in [1.807, 2.05) is 0 Å². The van der Waals surface area contributed by atoms with Crippen molar-refractivity contribution >= 4 is 15.9 Å². The Hall–Kier alpha value is -2.92. The highest BCUT2D eigenvalue weighted by Gasteiger charge is 2.31. The fraction of sp³-hybridized carbons (Fsp3) is 0.389. The molecule has 3 rings (SSSR count). The van der Waals surface area contributed by atoms with Gasteiger partial charge in [-0.2, -0.15) is 9.29 Å². The van der Waals surface area contributed by atoms with Crippen LogP contribution in [0.3, 0.4) is 0 Å². The molecular weight excluding hydrogens is 400 g/mol. The Bertz CT molecular complexity index is 951. The van der Waals surface area contributed by atoms with Gasteiger partial charge in [-0.25, -0.2) is 8.42 Å². The summed E-state index contributed by atoms with van der Waals surface area (Å²) < 4.78 is 43.3. The molecule has 29 heavy (non-hydrogen) atoms. The fourth-order valence-electron chi connectivity index (χ4n) is 2.89. The largest absolute Gasteiger partial charge is 0.484 e. The van der Waals surface area contributed by atoms with Gasteiger partial charge >= 0.3 is 0 Å². The predicted octanol–water partition coefficient (Wildman–Crippen LogP) is 0.581. The number of hydrogen-bond acceptors (Lipinski definition) is 8. The zero-order valence-corrected chi connectivity index (χ0v) is 16.7. The maximum absolute atomic E-state index is 13.0. The molecule has 1 aliphatic rings. The Morgan fingerprint density at radius 3 is 2.66 bits per heavy atom. The van der Waals surface area contributed by atoms with E-state index < -0.39 is 15.9 Å². The average Bonchev–Trinajstić information content (AvgIpc) is 2.73. The fourth-order valence-corrected chi connectivity index (χ4v) is 4.40. The van der Waals surface area contributed by atoms with Crippen LogP contribution in [0.4, 0.5) is 0 Å². The van der Waals surface area contributed by atoms with Crippen molar-refractivity contribution in [3.63, 3.8) is 0 Å². The van der Waals surface area contributed by atoms with Crippen LogP contribution in [-0.4, -0.2) is 61.5 Å². The molecule has 156 valence electrons. The lowest BCUT2D eigenvalue weighted by atomic mass is 10.1. The van der Waals surface area contributed by atoms with Crippen LogP contribution in [0.25, 0.3) is 0 Å². The number of hydrogen-bond donors (Lipinski definition) is 1. The summed E-state index contributed by atoms with van der Waals surface area (Å²) in [6.45, 7) is 0.317. The standard InChI is InChI=1S/C18H22N4O6S/c1-26-17-9-20-10-18(21-17)28-14-3-2-8-22(11-14)29(24,25)15-6-4-13(5-7-15)27-12-16(19)23/h4-7,9-10,14H,2-3,8,11-12H2,1H3,(H2,19,23). The van der Waals surface area contributed by atoms with Crippen LogP contribution in [0.1, 0.15) is 12.8 Å². The Kier molecular flexibility index (Phi) is 6.49. The molecule has 0 bridgehead atoms. The molecule has 10 nitrogen and oxygen atoms in total. The smallest absolute Gasteiger partial charge is 0.255 e. The highest BCUT2D eigenvalue weighted by atomic mass is 32.2. The molecule has 1 saturated heterocycles. The number of amides is 1. The van der Waals surface area contributed by atoms with Gasteiger partial charge < -0.3 is 19.9 Å². The van der Waals surface area contributed by atoms with Gasteiger partial charge in [0.1, 0.15) is 11.9 Å². The molecule has 2 aromatic rings. The summed E-state index contributed by atoms with van der Waals surface area (Å²) in [6.07, 6.45) is 3.92. The van der Waals surface area contributed by atoms with E-state index in [1.54, 1.807) is 0 Å². The van der Waals surface area contributed by atoms with Crippen molar-refractivity contribution in [3.8, 4) is 17.5 Å². The zero-order valence-electron chi connectivity index (χ0n) is 15.9. The maximum atomic E-state index is 13.0.